The summed E-state index contributed by atoms with van der Waals surface area (Å²) in [5.41, 5.74) is 3.07. The summed E-state index contributed by atoms with van der Waals surface area (Å²) in [4.78, 5) is 8.68. The van der Waals surface area contributed by atoms with Crippen LogP contribution in [0.4, 0.5) is 0 Å². The third-order valence-corrected chi connectivity index (χ3v) is 3.68. The second kappa shape index (κ2) is 5.59. The second-order valence-corrected chi connectivity index (χ2v) is 5.12. The van der Waals surface area contributed by atoms with Crippen LogP contribution >= 0.6 is 15.9 Å². The van der Waals surface area contributed by atoms with Gasteiger partial charge in [0.2, 0.25) is 5.88 Å². The second-order valence-electron chi connectivity index (χ2n) is 4.56. The zero-order chi connectivity index (χ0) is 13.9. The maximum atomic E-state index is 5.85. The van der Waals surface area contributed by atoms with Gasteiger partial charge in [-0.25, -0.2) is 4.98 Å². The number of hydrogen-bond donors (Lipinski definition) is 0. The van der Waals surface area contributed by atoms with Crippen molar-refractivity contribution < 1.29 is 4.74 Å². The van der Waals surface area contributed by atoms with E-state index in [1.807, 2.05) is 43.5 Å². The maximum Gasteiger partial charge on any atom is 0.222 e. The van der Waals surface area contributed by atoms with E-state index in [0.29, 0.717) is 5.88 Å². The van der Waals surface area contributed by atoms with E-state index < -0.39 is 0 Å². The fraction of sp³-hybridized carbons (Fsp3) is 0.125. The van der Waals surface area contributed by atoms with E-state index in [9.17, 15) is 0 Å². The molecular formula is C16H13BrN2O. The van der Waals surface area contributed by atoms with Crippen molar-refractivity contribution in [2.24, 2.45) is 0 Å². The molecule has 3 aromatic rings. The van der Waals surface area contributed by atoms with E-state index in [2.05, 4.69) is 32.0 Å². The van der Waals surface area contributed by atoms with Gasteiger partial charge in [-0.05, 0) is 36.8 Å². The van der Waals surface area contributed by atoms with Crippen molar-refractivity contribution in [1.82, 2.24) is 9.97 Å². The molecule has 1 aromatic carbocycles. The van der Waals surface area contributed by atoms with Gasteiger partial charge >= 0.3 is 0 Å². The lowest BCUT2D eigenvalue weighted by Crippen LogP contribution is -1.93. The molecule has 2 heterocycles. The molecule has 0 aliphatic carbocycles. The molecule has 0 saturated heterocycles. The van der Waals surface area contributed by atoms with Crippen LogP contribution in [0.5, 0.6) is 11.6 Å². The summed E-state index contributed by atoms with van der Waals surface area (Å²) >= 11 is 3.42. The number of halogens is 1. The number of hydrogen-bond acceptors (Lipinski definition) is 3. The summed E-state index contributed by atoms with van der Waals surface area (Å²) < 4.78 is 5.85. The minimum absolute atomic E-state index is 0.630. The zero-order valence-corrected chi connectivity index (χ0v) is 12.6. The molecular weight excluding hydrogens is 316 g/mol. The average molecular weight is 329 g/mol. The molecule has 0 bridgehead atoms. The first-order valence-corrected chi connectivity index (χ1v) is 7.42. The van der Waals surface area contributed by atoms with Crippen molar-refractivity contribution in [2.45, 2.75) is 12.3 Å². The highest BCUT2D eigenvalue weighted by Gasteiger charge is 2.05. The van der Waals surface area contributed by atoms with Crippen LogP contribution < -0.4 is 4.74 Å². The molecule has 0 radical (unpaired) electrons. The molecule has 0 unspecified atom stereocenters. The first-order valence-electron chi connectivity index (χ1n) is 6.30. The number of aromatic nitrogens is 2. The maximum absolute atomic E-state index is 5.85. The van der Waals surface area contributed by atoms with E-state index in [0.717, 1.165) is 33.1 Å². The predicted octanol–water partition coefficient (Wildman–Crippen LogP) is 4.63. The molecule has 0 amide bonds. The van der Waals surface area contributed by atoms with Gasteiger partial charge in [0, 0.05) is 34.7 Å². The highest BCUT2D eigenvalue weighted by Crippen LogP contribution is 2.26. The fourth-order valence-electron chi connectivity index (χ4n) is 2.02. The summed E-state index contributed by atoms with van der Waals surface area (Å²) in [6.07, 6.45) is 3.59. The minimum Gasteiger partial charge on any atom is -0.439 e. The van der Waals surface area contributed by atoms with Crippen LogP contribution in [0.1, 0.15) is 11.1 Å². The Morgan fingerprint density at radius 3 is 2.85 bits per heavy atom. The zero-order valence-electron chi connectivity index (χ0n) is 11.0. The summed E-state index contributed by atoms with van der Waals surface area (Å²) in [7, 11) is 0. The summed E-state index contributed by atoms with van der Waals surface area (Å²) in [5.74, 6) is 1.38. The van der Waals surface area contributed by atoms with Gasteiger partial charge < -0.3 is 4.74 Å². The van der Waals surface area contributed by atoms with Gasteiger partial charge in [0.15, 0.2) is 0 Å². The molecule has 100 valence electrons. The lowest BCUT2D eigenvalue weighted by molar-refractivity contribution is 0.459. The molecule has 4 heteroatoms. The Labute approximate surface area is 125 Å². The van der Waals surface area contributed by atoms with E-state index in [1.54, 1.807) is 6.20 Å². The quantitative estimate of drug-likeness (QED) is 0.658. The van der Waals surface area contributed by atoms with E-state index >= 15 is 0 Å². The third-order valence-electron chi connectivity index (χ3n) is 3.03. The highest BCUT2D eigenvalue weighted by atomic mass is 79.9. The van der Waals surface area contributed by atoms with Crippen molar-refractivity contribution >= 4 is 26.8 Å². The highest BCUT2D eigenvalue weighted by molar-refractivity contribution is 9.08. The number of alkyl halides is 1. The van der Waals surface area contributed by atoms with Crippen LogP contribution in [0.2, 0.25) is 0 Å². The van der Waals surface area contributed by atoms with Gasteiger partial charge in [0.1, 0.15) is 5.75 Å². The van der Waals surface area contributed by atoms with Crippen LogP contribution in [0.15, 0.2) is 48.8 Å². The van der Waals surface area contributed by atoms with Gasteiger partial charge in [0.05, 0.1) is 5.52 Å². The molecule has 20 heavy (non-hydrogen) atoms. The molecule has 0 saturated carbocycles. The Kier molecular flexibility index (Phi) is 3.65. The molecule has 3 nitrogen and oxygen atoms in total. The Balaban J connectivity index is 1.92. The Bertz CT molecular complexity index is 758. The van der Waals surface area contributed by atoms with E-state index in [1.165, 1.54) is 0 Å². The molecule has 0 aliphatic rings. The molecule has 3 rings (SSSR count). The van der Waals surface area contributed by atoms with Crippen molar-refractivity contribution in [3.8, 4) is 11.6 Å². The smallest absolute Gasteiger partial charge is 0.222 e. The topological polar surface area (TPSA) is 35.0 Å². The minimum atomic E-state index is 0.630. The Morgan fingerprint density at radius 2 is 2.05 bits per heavy atom. The van der Waals surface area contributed by atoms with Crippen molar-refractivity contribution in [3.05, 3.63) is 59.9 Å². The summed E-state index contributed by atoms with van der Waals surface area (Å²) in [6, 6.07) is 11.9. The first-order chi connectivity index (χ1) is 9.76. The van der Waals surface area contributed by atoms with Crippen LogP contribution in [0.25, 0.3) is 10.9 Å². The normalized spacial score (nSPS) is 10.7. The van der Waals surface area contributed by atoms with Gasteiger partial charge in [-0.3, -0.25) is 4.98 Å². The SMILES string of the molecule is Cc1cc(CBr)cnc1Oc1ccc2cccnc2c1. The van der Waals surface area contributed by atoms with E-state index in [-0.39, 0.29) is 0 Å². The first kappa shape index (κ1) is 13.1. The molecule has 0 fully saturated rings. The van der Waals surface area contributed by atoms with Crippen molar-refractivity contribution in [1.29, 1.82) is 0 Å². The molecule has 0 aliphatic heterocycles. The lowest BCUT2D eigenvalue weighted by atomic mass is 10.2. The van der Waals surface area contributed by atoms with Crippen LogP contribution in [-0.2, 0) is 5.33 Å². The van der Waals surface area contributed by atoms with E-state index in [4.69, 9.17) is 4.74 Å². The molecule has 0 spiro atoms. The number of rotatable bonds is 3. The predicted molar refractivity (Wildman–Crippen MR) is 83.4 cm³/mol. The van der Waals surface area contributed by atoms with Crippen molar-refractivity contribution in [3.63, 3.8) is 0 Å². The standard InChI is InChI=1S/C16H13BrN2O/c1-11-7-12(9-17)10-19-16(11)20-14-5-4-13-3-2-6-18-15(13)8-14/h2-8,10H,9H2,1H3. The summed E-state index contributed by atoms with van der Waals surface area (Å²) in [6.45, 7) is 1.99. The van der Waals surface area contributed by atoms with Crippen LogP contribution in [0.3, 0.4) is 0 Å². The van der Waals surface area contributed by atoms with Gasteiger partial charge in [-0.1, -0.05) is 22.0 Å². The van der Waals surface area contributed by atoms with Gasteiger partial charge in [0.25, 0.3) is 0 Å². The number of benzene rings is 1. The van der Waals surface area contributed by atoms with Gasteiger partial charge in [-0.2, -0.15) is 0 Å². The number of aryl methyl sites for hydroxylation is 1. The monoisotopic (exact) mass is 328 g/mol. The Hall–Kier alpha value is -1.94. The molecule has 2 aromatic heterocycles. The average Bonchev–Trinajstić information content (AvgIpc) is 2.49. The Morgan fingerprint density at radius 1 is 1.15 bits per heavy atom. The molecule has 0 atom stereocenters. The number of nitrogens with zero attached hydrogens (tertiary/aromatic N) is 2. The largest absolute Gasteiger partial charge is 0.439 e. The fourth-order valence-corrected chi connectivity index (χ4v) is 2.33. The van der Waals surface area contributed by atoms with Gasteiger partial charge in [-0.15, -0.1) is 0 Å². The molecule has 0 N–H and O–H groups in total. The number of ether oxygens (including phenoxy) is 1. The van der Waals surface area contributed by atoms with Crippen LogP contribution in [-0.4, -0.2) is 9.97 Å². The third kappa shape index (κ3) is 2.65. The van der Waals surface area contributed by atoms with Crippen molar-refractivity contribution in [2.75, 3.05) is 0 Å². The lowest BCUT2D eigenvalue weighted by Gasteiger charge is -2.09. The number of fused-ring (bicyclic) bond motifs is 1. The number of pyridine rings is 2. The van der Waals surface area contributed by atoms with Crippen LogP contribution in [0, 0.1) is 6.92 Å². The summed E-state index contributed by atoms with van der Waals surface area (Å²) in [5, 5.41) is 1.89.